The number of nitrogens with zero attached hydrogens (tertiary/aromatic N) is 1. The first-order valence-electron chi connectivity index (χ1n) is 6.33. The molecule has 5 heteroatoms. The van der Waals surface area contributed by atoms with E-state index in [4.69, 9.17) is 4.74 Å². The third kappa shape index (κ3) is 3.16. The molecule has 0 fully saturated rings. The first kappa shape index (κ1) is 14.9. The molecular weight excluding hydrogens is 323 g/mol. The Kier molecular flexibility index (Phi) is 5.09. The number of aromatic nitrogens is 1. The van der Waals surface area contributed by atoms with Crippen molar-refractivity contribution in [1.82, 2.24) is 10.3 Å². The minimum Gasteiger partial charge on any atom is -0.495 e. The number of hydrogen-bond donors (Lipinski definition) is 1. The maximum atomic E-state index is 14.2. The van der Waals surface area contributed by atoms with E-state index in [-0.39, 0.29) is 11.9 Å². The highest BCUT2D eigenvalue weighted by atomic mass is 79.9. The highest BCUT2D eigenvalue weighted by Crippen LogP contribution is 2.31. The topological polar surface area (TPSA) is 34.2 Å². The molecule has 2 aromatic rings. The van der Waals surface area contributed by atoms with E-state index >= 15 is 0 Å². The van der Waals surface area contributed by atoms with Crippen LogP contribution in [0.15, 0.2) is 41.1 Å². The fraction of sp³-hybridized carbons (Fsp3) is 0.267. The first-order valence-corrected chi connectivity index (χ1v) is 7.13. The average Bonchev–Trinajstić information content (AvgIpc) is 2.46. The third-order valence-electron chi connectivity index (χ3n) is 3.00. The van der Waals surface area contributed by atoms with E-state index in [0.717, 1.165) is 10.0 Å². The van der Waals surface area contributed by atoms with Crippen molar-refractivity contribution in [2.45, 2.75) is 13.0 Å². The fourth-order valence-electron chi connectivity index (χ4n) is 2.08. The number of ether oxygens (including phenoxy) is 1. The molecule has 0 bridgehead atoms. The predicted octanol–water partition coefficient (Wildman–Crippen LogP) is 3.69. The lowest BCUT2D eigenvalue weighted by Crippen LogP contribution is -2.23. The molecule has 0 aliphatic carbocycles. The molecule has 1 N–H and O–H groups in total. The summed E-state index contributed by atoms with van der Waals surface area (Å²) in [5.41, 5.74) is 1.43. The summed E-state index contributed by atoms with van der Waals surface area (Å²) in [6.45, 7) is 2.69. The minimum atomic E-state index is -0.279. The van der Waals surface area contributed by atoms with Gasteiger partial charge in [0, 0.05) is 16.2 Å². The van der Waals surface area contributed by atoms with E-state index in [9.17, 15) is 4.39 Å². The summed E-state index contributed by atoms with van der Waals surface area (Å²) >= 11 is 3.42. The third-order valence-corrected chi connectivity index (χ3v) is 3.69. The maximum absolute atomic E-state index is 14.2. The number of pyridine rings is 1. The highest BCUT2D eigenvalue weighted by molar-refractivity contribution is 9.10. The molecule has 0 amide bonds. The van der Waals surface area contributed by atoms with Crippen LogP contribution in [0.3, 0.4) is 0 Å². The Hall–Kier alpha value is -1.46. The molecule has 0 aliphatic heterocycles. The van der Waals surface area contributed by atoms with Crippen molar-refractivity contribution >= 4 is 15.9 Å². The molecule has 1 aromatic heterocycles. The van der Waals surface area contributed by atoms with Crippen molar-refractivity contribution in [3.63, 3.8) is 0 Å². The second-order valence-electron chi connectivity index (χ2n) is 4.28. The minimum absolute atomic E-state index is 0.256. The molecule has 0 saturated carbocycles. The van der Waals surface area contributed by atoms with Gasteiger partial charge in [0.15, 0.2) is 0 Å². The molecule has 1 unspecified atom stereocenters. The number of hydrogen-bond acceptors (Lipinski definition) is 3. The molecule has 2 rings (SSSR count). The Morgan fingerprint density at radius 1 is 1.40 bits per heavy atom. The zero-order valence-corrected chi connectivity index (χ0v) is 12.9. The lowest BCUT2D eigenvalue weighted by Gasteiger charge is -2.21. The summed E-state index contributed by atoms with van der Waals surface area (Å²) in [6, 6.07) is 6.54. The number of rotatable bonds is 5. The highest BCUT2D eigenvalue weighted by Gasteiger charge is 2.20. The largest absolute Gasteiger partial charge is 0.495 e. The summed E-state index contributed by atoms with van der Waals surface area (Å²) in [5, 5.41) is 3.28. The van der Waals surface area contributed by atoms with E-state index in [1.807, 2.05) is 19.1 Å². The predicted molar refractivity (Wildman–Crippen MR) is 80.4 cm³/mol. The second kappa shape index (κ2) is 6.81. The van der Waals surface area contributed by atoms with Crippen LogP contribution in [0.4, 0.5) is 4.39 Å². The Morgan fingerprint density at radius 2 is 2.20 bits per heavy atom. The summed E-state index contributed by atoms with van der Waals surface area (Å²) < 4.78 is 20.1. The van der Waals surface area contributed by atoms with Gasteiger partial charge >= 0.3 is 0 Å². The van der Waals surface area contributed by atoms with Crippen molar-refractivity contribution in [1.29, 1.82) is 0 Å². The molecular formula is C15H16BrFN2O. The van der Waals surface area contributed by atoms with E-state index in [2.05, 4.69) is 26.2 Å². The average molecular weight is 339 g/mol. The molecule has 1 atom stereocenters. The van der Waals surface area contributed by atoms with Gasteiger partial charge in [-0.2, -0.15) is 0 Å². The van der Waals surface area contributed by atoms with Crippen molar-refractivity contribution in [3.05, 3.63) is 58.1 Å². The summed E-state index contributed by atoms with van der Waals surface area (Å²) in [5.74, 6) is 0.394. The smallest absolute Gasteiger partial charge is 0.137 e. The van der Waals surface area contributed by atoms with Gasteiger partial charge in [0.2, 0.25) is 0 Å². The number of halogens is 2. The lowest BCUT2D eigenvalue weighted by atomic mass is 9.99. The molecule has 1 heterocycles. The Balaban J connectivity index is 2.50. The van der Waals surface area contributed by atoms with Gasteiger partial charge in [0.05, 0.1) is 19.3 Å². The number of benzene rings is 1. The number of methoxy groups -OCH3 is 1. The molecule has 20 heavy (non-hydrogen) atoms. The van der Waals surface area contributed by atoms with E-state index in [1.165, 1.54) is 6.07 Å². The van der Waals surface area contributed by atoms with Gasteiger partial charge in [0.25, 0.3) is 0 Å². The SMILES string of the molecule is CCNC(c1cncc(OC)c1)c1c(F)cccc1Br. The van der Waals surface area contributed by atoms with Gasteiger partial charge in [-0.15, -0.1) is 0 Å². The number of nitrogens with one attached hydrogen (secondary N) is 1. The molecule has 106 valence electrons. The fourth-order valence-corrected chi connectivity index (χ4v) is 2.65. The summed E-state index contributed by atoms with van der Waals surface area (Å²) in [7, 11) is 1.59. The van der Waals surface area contributed by atoms with E-state index in [1.54, 1.807) is 25.6 Å². The van der Waals surface area contributed by atoms with Crippen LogP contribution in [0.25, 0.3) is 0 Å². The van der Waals surface area contributed by atoms with Crippen molar-refractivity contribution in [2.24, 2.45) is 0 Å². The first-order chi connectivity index (χ1) is 9.67. The lowest BCUT2D eigenvalue weighted by molar-refractivity contribution is 0.411. The van der Waals surface area contributed by atoms with Crippen LogP contribution in [-0.4, -0.2) is 18.6 Å². The van der Waals surface area contributed by atoms with Crippen molar-refractivity contribution in [3.8, 4) is 5.75 Å². The zero-order valence-electron chi connectivity index (χ0n) is 11.4. The Morgan fingerprint density at radius 3 is 2.85 bits per heavy atom. The zero-order chi connectivity index (χ0) is 14.5. The molecule has 1 aromatic carbocycles. The quantitative estimate of drug-likeness (QED) is 0.902. The van der Waals surface area contributed by atoms with Gasteiger partial charge in [-0.05, 0) is 30.3 Å². The molecule has 0 saturated heterocycles. The standard InChI is InChI=1S/C15H16BrFN2O/c1-3-19-15(10-7-11(20-2)9-18-8-10)14-12(16)5-4-6-13(14)17/h4-9,15,19H,3H2,1-2H3. The van der Waals surface area contributed by atoms with Crippen LogP contribution < -0.4 is 10.1 Å². The molecule has 0 radical (unpaired) electrons. The van der Waals surface area contributed by atoms with Crippen LogP contribution in [-0.2, 0) is 0 Å². The van der Waals surface area contributed by atoms with Gasteiger partial charge in [0.1, 0.15) is 11.6 Å². The Bertz CT molecular complexity index is 572. The van der Waals surface area contributed by atoms with E-state index in [0.29, 0.717) is 17.9 Å². The maximum Gasteiger partial charge on any atom is 0.137 e. The monoisotopic (exact) mass is 338 g/mol. The molecule has 3 nitrogen and oxygen atoms in total. The van der Waals surface area contributed by atoms with Gasteiger partial charge in [-0.1, -0.05) is 28.9 Å². The van der Waals surface area contributed by atoms with Crippen LogP contribution in [0.5, 0.6) is 5.75 Å². The van der Waals surface area contributed by atoms with Crippen LogP contribution in [0.1, 0.15) is 24.1 Å². The summed E-state index contributed by atoms with van der Waals surface area (Å²) in [6.07, 6.45) is 3.34. The van der Waals surface area contributed by atoms with Gasteiger partial charge in [-0.25, -0.2) is 4.39 Å². The van der Waals surface area contributed by atoms with Crippen molar-refractivity contribution in [2.75, 3.05) is 13.7 Å². The van der Waals surface area contributed by atoms with Crippen LogP contribution >= 0.6 is 15.9 Å². The molecule has 0 aliphatic rings. The van der Waals surface area contributed by atoms with Gasteiger partial charge < -0.3 is 10.1 Å². The Labute approximate surface area is 126 Å². The normalized spacial score (nSPS) is 12.2. The van der Waals surface area contributed by atoms with Crippen LogP contribution in [0, 0.1) is 5.82 Å². The second-order valence-corrected chi connectivity index (χ2v) is 5.14. The summed E-state index contributed by atoms with van der Waals surface area (Å²) in [4.78, 5) is 4.14. The van der Waals surface area contributed by atoms with Crippen molar-refractivity contribution < 1.29 is 9.13 Å². The van der Waals surface area contributed by atoms with Gasteiger partial charge in [-0.3, -0.25) is 4.98 Å². The van der Waals surface area contributed by atoms with E-state index < -0.39 is 0 Å². The van der Waals surface area contributed by atoms with Crippen LogP contribution in [0.2, 0.25) is 0 Å². The molecule has 0 spiro atoms.